The van der Waals surface area contributed by atoms with Crippen LogP contribution in [0, 0.1) is 10.8 Å². The van der Waals surface area contributed by atoms with Gasteiger partial charge < -0.3 is 5.41 Å². The molecule has 0 aliphatic rings. The molecule has 1 aromatic heterocycles. The molecule has 0 bridgehead atoms. The van der Waals surface area contributed by atoms with Crippen LogP contribution in [0.15, 0.2) is 85.2 Å². The Kier molecular flexibility index (Phi) is 5.25. The predicted molar refractivity (Wildman–Crippen MR) is 104 cm³/mol. The summed E-state index contributed by atoms with van der Waals surface area (Å²) in [4.78, 5) is 14.9. The van der Waals surface area contributed by atoms with E-state index in [1.165, 1.54) is 0 Å². The number of nitrogens with one attached hydrogen (secondary N) is 2. The molecular weight excluding hydrogens is 322 g/mol. The molecule has 3 aromatic rings. The van der Waals surface area contributed by atoms with Crippen LogP contribution < -0.4 is 0 Å². The van der Waals surface area contributed by atoms with E-state index in [1.807, 2.05) is 36.4 Å². The van der Waals surface area contributed by atoms with Crippen molar-refractivity contribution in [2.24, 2.45) is 0 Å². The SMILES string of the molecule is N=C(/C=C(\C(=N)c1ccc(C=O)cc1)c1ccccc1)c1cccnc1. The zero-order valence-corrected chi connectivity index (χ0v) is 14.0. The number of hydrogen-bond acceptors (Lipinski definition) is 4. The predicted octanol–water partition coefficient (Wildman–Crippen LogP) is 4.41. The lowest BCUT2D eigenvalue weighted by Gasteiger charge is -2.11. The molecule has 0 aliphatic heterocycles. The molecule has 3 rings (SSSR count). The Morgan fingerprint density at radius 3 is 2.12 bits per heavy atom. The maximum atomic E-state index is 10.8. The van der Waals surface area contributed by atoms with Gasteiger partial charge in [-0.2, -0.15) is 0 Å². The summed E-state index contributed by atoms with van der Waals surface area (Å²) in [5.74, 6) is 0. The summed E-state index contributed by atoms with van der Waals surface area (Å²) in [5, 5.41) is 17.0. The summed E-state index contributed by atoms with van der Waals surface area (Å²) in [6, 6.07) is 20.0. The number of pyridine rings is 1. The van der Waals surface area contributed by atoms with Crippen molar-refractivity contribution >= 4 is 23.3 Å². The molecule has 0 unspecified atom stereocenters. The van der Waals surface area contributed by atoms with E-state index in [0.29, 0.717) is 28.0 Å². The van der Waals surface area contributed by atoms with Crippen LogP contribution in [-0.2, 0) is 0 Å². The Balaban J connectivity index is 2.03. The van der Waals surface area contributed by atoms with Crippen molar-refractivity contribution in [2.75, 3.05) is 0 Å². The van der Waals surface area contributed by atoms with E-state index in [1.54, 1.807) is 48.8 Å². The Hall–Kier alpha value is -3.66. The summed E-state index contributed by atoms with van der Waals surface area (Å²) in [6.07, 6.45) is 5.75. The summed E-state index contributed by atoms with van der Waals surface area (Å²) >= 11 is 0. The van der Waals surface area contributed by atoms with Crippen molar-refractivity contribution in [3.8, 4) is 0 Å². The number of carbonyl (C=O) groups excluding carboxylic acids is 1. The monoisotopic (exact) mass is 339 g/mol. The van der Waals surface area contributed by atoms with Crippen molar-refractivity contribution in [2.45, 2.75) is 0 Å². The second-order valence-corrected chi connectivity index (χ2v) is 5.69. The summed E-state index contributed by atoms with van der Waals surface area (Å²) in [6.45, 7) is 0. The maximum Gasteiger partial charge on any atom is 0.150 e. The van der Waals surface area contributed by atoms with Crippen molar-refractivity contribution in [3.63, 3.8) is 0 Å². The first kappa shape index (κ1) is 17.2. The minimum absolute atomic E-state index is 0.284. The summed E-state index contributed by atoms with van der Waals surface area (Å²) in [5.41, 5.74) is 4.00. The van der Waals surface area contributed by atoms with Gasteiger partial charge in [-0.25, -0.2) is 0 Å². The average Bonchev–Trinajstić information content (AvgIpc) is 2.72. The third-order valence-corrected chi connectivity index (χ3v) is 3.95. The molecule has 2 N–H and O–H groups in total. The van der Waals surface area contributed by atoms with Crippen molar-refractivity contribution in [1.82, 2.24) is 4.98 Å². The van der Waals surface area contributed by atoms with E-state index >= 15 is 0 Å². The van der Waals surface area contributed by atoms with E-state index < -0.39 is 0 Å². The largest absolute Gasteiger partial charge is 0.300 e. The Morgan fingerprint density at radius 1 is 0.808 bits per heavy atom. The van der Waals surface area contributed by atoms with E-state index in [4.69, 9.17) is 10.8 Å². The van der Waals surface area contributed by atoms with Gasteiger partial charge in [0, 0.05) is 34.7 Å². The minimum Gasteiger partial charge on any atom is -0.300 e. The standard InChI is InChI=1S/C22H17N3O/c23-21(19-7-4-12-25-14-19)13-20(17-5-2-1-3-6-17)22(24)18-10-8-16(15-26)9-11-18/h1-15,23-24H/b20-13-,23-21?,24-22?. The van der Waals surface area contributed by atoms with Crippen LogP contribution in [0.3, 0.4) is 0 Å². The molecule has 0 radical (unpaired) electrons. The van der Waals surface area contributed by atoms with E-state index in [-0.39, 0.29) is 5.71 Å². The van der Waals surface area contributed by atoms with Crippen LogP contribution >= 0.6 is 0 Å². The summed E-state index contributed by atoms with van der Waals surface area (Å²) < 4.78 is 0. The van der Waals surface area contributed by atoms with Gasteiger partial charge in [-0.15, -0.1) is 0 Å². The van der Waals surface area contributed by atoms with E-state index in [9.17, 15) is 4.79 Å². The number of nitrogens with zero attached hydrogens (tertiary/aromatic N) is 1. The third-order valence-electron chi connectivity index (χ3n) is 3.95. The molecule has 1 heterocycles. The topological polar surface area (TPSA) is 77.7 Å². The first-order valence-corrected chi connectivity index (χ1v) is 8.09. The molecular formula is C22H17N3O. The lowest BCUT2D eigenvalue weighted by molar-refractivity contribution is 0.112. The molecule has 0 saturated heterocycles. The van der Waals surface area contributed by atoms with Crippen molar-refractivity contribution in [3.05, 3.63) is 107 Å². The quantitative estimate of drug-likeness (QED) is 0.515. The van der Waals surface area contributed by atoms with Crippen LogP contribution in [-0.4, -0.2) is 22.7 Å². The number of benzene rings is 2. The molecule has 0 amide bonds. The molecule has 2 aromatic carbocycles. The van der Waals surface area contributed by atoms with E-state index in [2.05, 4.69) is 4.98 Å². The molecule has 0 aliphatic carbocycles. The van der Waals surface area contributed by atoms with Crippen LogP contribution in [0.2, 0.25) is 0 Å². The Labute approximate surface area is 151 Å². The average molecular weight is 339 g/mol. The van der Waals surface area contributed by atoms with Gasteiger partial charge in [-0.05, 0) is 23.8 Å². The van der Waals surface area contributed by atoms with Gasteiger partial charge in [0.05, 0.1) is 11.4 Å². The van der Waals surface area contributed by atoms with Gasteiger partial charge in [0.2, 0.25) is 0 Å². The zero-order valence-electron chi connectivity index (χ0n) is 14.0. The number of hydrogen-bond donors (Lipinski definition) is 2. The number of allylic oxidation sites excluding steroid dienone is 2. The highest BCUT2D eigenvalue weighted by Gasteiger charge is 2.12. The number of rotatable bonds is 6. The fourth-order valence-electron chi connectivity index (χ4n) is 2.55. The van der Waals surface area contributed by atoms with Crippen LogP contribution in [0.25, 0.3) is 5.57 Å². The maximum absolute atomic E-state index is 10.8. The lowest BCUT2D eigenvalue weighted by atomic mass is 9.93. The second-order valence-electron chi connectivity index (χ2n) is 5.69. The Bertz CT molecular complexity index is 959. The molecule has 0 atom stereocenters. The highest BCUT2D eigenvalue weighted by atomic mass is 16.1. The normalized spacial score (nSPS) is 11.0. The smallest absolute Gasteiger partial charge is 0.150 e. The van der Waals surface area contributed by atoms with Gasteiger partial charge in [0.1, 0.15) is 6.29 Å². The molecule has 126 valence electrons. The second kappa shape index (κ2) is 7.94. The Morgan fingerprint density at radius 2 is 1.50 bits per heavy atom. The molecule has 0 saturated carbocycles. The number of carbonyl (C=O) groups is 1. The summed E-state index contributed by atoms with van der Waals surface area (Å²) in [7, 11) is 0. The van der Waals surface area contributed by atoms with Crippen LogP contribution in [0.1, 0.15) is 27.0 Å². The minimum atomic E-state index is 0.284. The first-order valence-electron chi connectivity index (χ1n) is 8.09. The van der Waals surface area contributed by atoms with E-state index in [0.717, 1.165) is 11.8 Å². The molecule has 0 spiro atoms. The van der Waals surface area contributed by atoms with Crippen molar-refractivity contribution in [1.29, 1.82) is 10.8 Å². The third kappa shape index (κ3) is 3.87. The van der Waals surface area contributed by atoms with Crippen molar-refractivity contribution < 1.29 is 4.79 Å². The fraction of sp³-hybridized carbons (Fsp3) is 0. The first-order chi connectivity index (χ1) is 12.7. The van der Waals surface area contributed by atoms with Gasteiger partial charge >= 0.3 is 0 Å². The highest BCUT2D eigenvalue weighted by molar-refractivity contribution is 6.34. The number of aromatic nitrogens is 1. The van der Waals surface area contributed by atoms with Gasteiger partial charge in [-0.1, -0.05) is 54.6 Å². The van der Waals surface area contributed by atoms with Crippen LogP contribution in [0.5, 0.6) is 0 Å². The molecule has 4 heteroatoms. The molecule has 4 nitrogen and oxygen atoms in total. The zero-order chi connectivity index (χ0) is 18.4. The molecule has 0 fully saturated rings. The van der Waals surface area contributed by atoms with Crippen LogP contribution in [0.4, 0.5) is 0 Å². The van der Waals surface area contributed by atoms with Gasteiger partial charge in [0.25, 0.3) is 0 Å². The number of aldehydes is 1. The highest BCUT2D eigenvalue weighted by Crippen LogP contribution is 2.21. The fourth-order valence-corrected chi connectivity index (χ4v) is 2.55. The molecule has 26 heavy (non-hydrogen) atoms. The lowest BCUT2D eigenvalue weighted by Crippen LogP contribution is -2.06. The van der Waals surface area contributed by atoms with Gasteiger partial charge in [0.15, 0.2) is 0 Å². The van der Waals surface area contributed by atoms with Gasteiger partial charge in [-0.3, -0.25) is 15.2 Å².